The zero-order chi connectivity index (χ0) is 24.1. The number of aromatic nitrogens is 2. The van der Waals surface area contributed by atoms with Crippen molar-refractivity contribution in [2.75, 3.05) is 12.4 Å². The number of ether oxygens (including phenoxy) is 2. The fourth-order valence-corrected chi connectivity index (χ4v) is 3.00. The van der Waals surface area contributed by atoms with E-state index in [4.69, 9.17) is 13.9 Å². The van der Waals surface area contributed by atoms with Crippen molar-refractivity contribution in [3.05, 3.63) is 83.8 Å². The van der Waals surface area contributed by atoms with E-state index in [1.165, 1.54) is 24.5 Å². The molecule has 2 heterocycles. The van der Waals surface area contributed by atoms with Crippen LogP contribution in [-0.2, 0) is 12.8 Å². The van der Waals surface area contributed by atoms with Crippen LogP contribution < -0.4 is 14.8 Å². The first kappa shape index (κ1) is 22.7. The van der Waals surface area contributed by atoms with E-state index in [1.807, 2.05) is 18.2 Å². The summed E-state index contributed by atoms with van der Waals surface area (Å²) in [6, 6.07) is 15.5. The van der Waals surface area contributed by atoms with Gasteiger partial charge >= 0.3 is 6.18 Å². The SMILES string of the molecule is COc1ccc(COc2cc(Nc3ncc(-c4ccc(C(F)(F)F)cc4)o3)cnc2C#N)cc1. The lowest BCUT2D eigenvalue weighted by Crippen LogP contribution is -2.03. The van der Waals surface area contributed by atoms with Crippen molar-refractivity contribution in [3.63, 3.8) is 0 Å². The standard InChI is InChI=1S/C24H17F3N4O3/c1-32-19-8-2-15(3-9-19)14-33-21-10-18(12-29-20(21)11-28)31-23-30-13-22(34-23)16-4-6-17(7-5-16)24(25,26)27/h2-10,12-13H,14H2,1H3,(H,30,31). The fourth-order valence-electron chi connectivity index (χ4n) is 3.00. The number of nitrogens with one attached hydrogen (secondary N) is 1. The van der Waals surface area contributed by atoms with Crippen LogP contribution in [0, 0.1) is 11.3 Å². The zero-order valence-electron chi connectivity index (χ0n) is 17.8. The van der Waals surface area contributed by atoms with E-state index in [2.05, 4.69) is 15.3 Å². The molecule has 4 rings (SSSR count). The van der Waals surface area contributed by atoms with Gasteiger partial charge in [-0.3, -0.25) is 0 Å². The van der Waals surface area contributed by atoms with E-state index >= 15 is 0 Å². The van der Waals surface area contributed by atoms with Crippen LogP contribution in [0.5, 0.6) is 11.5 Å². The molecule has 2 aromatic heterocycles. The third-order valence-corrected chi connectivity index (χ3v) is 4.77. The number of benzene rings is 2. The highest BCUT2D eigenvalue weighted by Crippen LogP contribution is 2.32. The summed E-state index contributed by atoms with van der Waals surface area (Å²) in [5, 5.41) is 12.2. The summed E-state index contributed by atoms with van der Waals surface area (Å²) in [4.78, 5) is 8.18. The largest absolute Gasteiger partial charge is 0.497 e. The highest BCUT2D eigenvalue weighted by molar-refractivity contribution is 5.61. The minimum atomic E-state index is -4.41. The summed E-state index contributed by atoms with van der Waals surface area (Å²) in [5.74, 6) is 1.27. The van der Waals surface area contributed by atoms with Crippen LogP contribution in [-0.4, -0.2) is 17.1 Å². The number of alkyl halides is 3. The molecular formula is C24H17F3N4O3. The molecule has 10 heteroatoms. The fraction of sp³-hybridized carbons (Fsp3) is 0.125. The smallest absolute Gasteiger partial charge is 0.416 e. The Hall–Kier alpha value is -4.52. The van der Waals surface area contributed by atoms with Gasteiger partial charge in [-0.05, 0) is 29.8 Å². The predicted octanol–water partition coefficient (Wildman–Crippen LogP) is 5.96. The van der Waals surface area contributed by atoms with E-state index < -0.39 is 11.7 Å². The van der Waals surface area contributed by atoms with Crippen molar-refractivity contribution in [2.45, 2.75) is 12.8 Å². The van der Waals surface area contributed by atoms with Crippen LogP contribution >= 0.6 is 0 Å². The van der Waals surface area contributed by atoms with Crippen LogP contribution in [0.2, 0.25) is 0 Å². The number of halogens is 3. The molecule has 0 aliphatic carbocycles. The van der Waals surface area contributed by atoms with Crippen LogP contribution in [0.3, 0.4) is 0 Å². The molecule has 0 radical (unpaired) electrons. The molecule has 0 atom stereocenters. The molecule has 2 aromatic carbocycles. The van der Waals surface area contributed by atoms with Crippen LogP contribution in [0.1, 0.15) is 16.8 Å². The highest BCUT2D eigenvalue weighted by Gasteiger charge is 2.30. The molecule has 0 aliphatic rings. The van der Waals surface area contributed by atoms with Gasteiger partial charge in [0.15, 0.2) is 17.2 Å². The number of hydrogen-bond donors (Lipinski definition) is 1. The lowest BCUT2D eigenvalue weighted by molar-refractivity contribution is -0.137. The van der Waals surface area contributed by atoms with Gasteiger partial charge in [-0.15, -0.1) is 0 Å². The molecule has 4 aromatic rings. The maximum Gasteiger partial charge on any atom is 0.416 e. The normalized spacial score (nSPS) is 11.0. The summed E-state index contributed by atoms with van der Waals surface area (Å²) in [6.45, 7) is 0.209. The first-order valence-electron chi connectivity index (χ1n) is 9.92. The third-order valence-electron chi connectivity index (χ3n) is 4.77. The Labute approximate surface area is 192 Å². The minimum Gasteiger partial charge on any atom is -0.497 e. The molecule has 0 bridgehead atoms. The van der Waals surface area contributed by atoms with Crippen molar-refractivity contribution in [1.29, 1.82) is 5.26 Å². The summed E-state index contributed by atoms with van der Waals surface area (Å²) in [7, 11) is 1.58. The lowest BCUT2D eigenvalue weighted by atomic mass is 10.1. The van der Waals surface area contributed by atoms with Gasteiger partial charge in [-0.25, -0.2) is 9.97 Å². The molecule has 0 amide bonds. The highest BCUT2D eigenvalue weighted by atomic mass is 19.4. The molecule has 0 aliphatic heterocycles. The molecular weight excluding hydrogens is 449 g/mol. The second-order valence-electron chi connectivity index (χ2n) is 7.05. The van der Waals surface area contributed by atoms with E-state index in [0.29, 0.717) is 11.3 Å². The van der Waals surface area contributed by atoms with Crippen molar-refractivity contribution in [2.24, 2.45) is 0 Å². The second-order valence-corrected chi connectivity index (χ2v) is 7.05. The topological polar surface area (TPSA) is 93.2 Å². The molecule has 172 valence electrons. The Kier molecular flexibility index (Phi) is 6.36. The first-order chi connectivity index (χ1) is 16.4. The zero-order valence-corrected chi connectivity index (χ0v) is 17.8. The molecule has 34 heavy (non-hydrogen) atoms. The second kappa shape index (κ2) is 9.54. The maximum absolute atomic E-state index is 12.8. The number of nitrogens with zero attached hydrogens (tertiary/aromatic N) is 3. The van der Waals surface area contributed by atoms with E-state index in [-0.39, 0.29) is 29.8 Å². The van der Waals surface area contributed by atoms with Crippen LogP contribution in [0.15, 0.2) is 71.4 Å². The number of methoxy groups -OCH3 is 1. The van der Waals surface area contributed by atoms with E-state index in [9.17, 15) is 18.4 Å². The molecule has 1 N–H and O–H groups in total. The van der Waals surface area contributed by atoms with Gasteiger partial charge < -0.3 is 19.2 Å². The molecule has 0 unspecified atom stereocenters. The maximum atomic E-state index is 12.8. The molecule has 0 fully saturated rings. The van der Waals surface area contributed by atoms with Gasteiger partial charge in [0, 0.05) is 11.6 Å². The predicted molar refractivity (Wildman–Crippen MR) is 117 cm³/mol. The first-order valence-corrected chi connectivity index (χ1v) is 9.92. The van der Waals surface area contributed by atoms with Gasteiger partial charge in [0.05, 0.1) is 30.8 Å². The Balaban J connectivity index is 1.47. The minimum absolute atomic E-state index is 0.0995. The average molecular weight is 466 g/mol. The quantitative estimate of drug-likeness (QED) is 0.359. The Bertz CT molecular complexity index is 1310. The van der Waals surface area contributed by atoms with Gasteiger partial charge in [-0.1, -0.05) is 24.3 Å². The molecule has 0 spiro atoms. The van der Waals surface area contributed by atoms with Crippen molar-refractivity contribution in [1.82, 2.24) is 9.97 Å². The van der Waals surface area contributed by atoms with Crippen LogP contribution in [0.25, 0.3) is 11.3 Å². The lowest BCUT2D eigenvalue weighted by Gasteiger charge is -2.10. The summed E-state index contributed by atoms with van der Waals surface area (Å²) >= 11 is 0. The number of anilines is 2. The summed E-state index contributed by atoms with van der Waals surface area (Å²) in [5.41, 5.74) is 1.12. The Morgan fingerprint density at radius 3 is 2.41 bits per heavy atom. The van der Waals surface area contributed by atoms with Crippen molar-refractivity contribution >= 4 is 11.7 Å². The van der Waals surface area contributed by atoms with Gasteiger partial charge in [0.25, 0.3) is 6.01 Å². The van der Waals surface area contributed by atoms with Gasteiger partial charge in [0.2, 0.25) is 0 Å². The number of hydrogen-bond acceptors (Lipinski definition) is 7. The van der Waals surface area contributed by atoms with Gasteiger partial charge in [-0.2, -0.15) is 18.4 Å². The Morgan fingerprint density at radius 2 is 1.76 bits per heavy atom. The van der Waals surface area contributed by atoms with Crippen molar-refractivity contribution in [3.8, 4) is 28.9 Å². The number of pyridine rings is 1. The van der Waals surface area contributed by atoms with Gasteiger partial charge in [0.1, 0.15) is 18.4 Å². The van der Waals surface area contributed by atoms with E-state index in [0.717, 1.165) is 23.4 Å². The monoisotopic (exact) mass is 466 g/mol. The Morgan fingerprint density at radius 1 is 1.03 bits per heavy atom. The summed E-state index contributed by atoms with van der Waals surface area (Å²) < 4.78 is 54.7. The summed E-state index contributed by atoms with van der Waals surface area (Å²) in [6.07, 6.45) is -1.60. The average Bonchev–Trinajstić information content (AvgIpc) is 3.31. The molecule has 0 saturated carbocycles. The number of nitriles is 1. The van der Waals surface area contributed by atoms with Crippen LogP contribution in [0.4, 0.5) is 24.9 Å². The molecule has 0 saturated heterocycles. The molecule has 7 nitrogen and oxygen atoms in total. The number of oxazole rings is 1. The van der Waals surface area contributed by atoms with E-state index in [1.54, 1.807) is 25.3 Å². The van der Waals surface area contributed by atoms with Crippen molar-refractivity contribution < 1.29 is 27.1 Å². The third kappa shape index (κ3) is 5.27. The number of rotatable bonds is 7.